The highest BCUT2D eigenvalue weighted by Crippen LogP contribution is 2.27. The van der Waals surface area contributed by atoms with Gasteiger partial charge in [0.1, 0.15) is 0 Å². The minimum atomic E-state index is -0.447. The number of carbonyl (C=O) groups excluding carboxylic acids is 1. The molecule has 1 aromatic carbocycles. The minimum absolute atomic E-state index is 0.0171. The lowest BCUT2D eigenvalue weighted by atomic mass is 10.1. The highest BCUT2D eigenvalue weighted by atomic mass is 32.2. The third-order valence-corrected chi connectivity index (χ3v) is 3.69. The molecule has 1 amide bonds. The molecule has 0 saturated heterocycles. The van der Waals surface area contributed by atoms with E-state index >= 15 is 0 Å². The molecule has 0 unspecified atom stereocenters. The Balaban J connectivity index is 2.18. The lowest BCUT2D eigenvalue weighted by Crippen LogP contribution is -2.13. The highest BCUT2D eigenvalue weighted by Gasteiger charge is 2.11. The van der Waals surface area contributed by atoms with Crippen molar-refractivity contribution in [2.75, 3.05) is 17.3 Å². The second-order valence-corrected chi connectivity index (χ2v) is 5.55. The zero-order valence-corrected chi connectivity index (χ0v) is 12.2. The first-order valence-electron chi connectivity index (χ1n) is 5.59. The highest BCUT2D eigenvalue weighted by molar-refractivity contribution is 7.99. The number of nitrogens with zero attached hydrogens (tertiary/aromatic N) is 2. The number of carbonyl (C=O) groups is 1. The van der Waals surface area contributed by atoms with Gasteiger partial charge in [-0.1, -0.05) is 12.1 Å². The van der Waals surface area contributed by atoms with Crippen molar-refractivity contribution in [3.63, 3.8) is 0 Å². The average molecular weight is 309 g/mol. The topological polar surface area (TPSA) is 85.1 Å². The number of nitrogens with one attached hydrogen (secondary N) is 1. The Bertz CT molecular complexity index is 642. The van der Waals surface area contributed by atoms with Crippen LogP contribution in [0.1, 0.15) is 0 Å². The third-order valence-electron chi connectivity index (χ3n) is 2.38. The van der Waals surface area contributed by atoms with Crippen LogP contribution in [0, 0.1) is 10.1 Å². The van der Waals surface area contributed by atoms with Crippen LogP contribution in [0.15, 0.2) is 29.6 Å². The lowest BCUT2D eigenvalue weighted by molar-refractivity contribution is -0.384. The summed E-state index contributed by atoms with van der Waals surface area (Å²) >= 11 is 2.72. The number of non-ortho nitro benzene ring substituents is 1. The maximum Gasteiger partial charge on any atom is 0.270 e. The van der Waals surface area contributed by atoms with E-state index in [1.165, 1.54) is 35.2 Å². The predicted octanol–water partition coefficient (Wildman–Crippen LogP) is 3.02. The molecule has 0 bridgehead atoms. The van der Waals surface area contributed by atoms with Gasteiger partial charge in [-0.25, -0.2) is 4.98 Å². The molecular formula is C12H11N3O3S2. The van der Waals surface area contributed by atoms with Gasteiger partial charge >= 0.3 is 0 Å². The van der Waals surface area contributed by atoms with Crippen LogP contribution in [-0.2, 0) is 4.79 Å². The van der Waals surface area contributed by atoms with Gasteiger partial charge in [0.25, 0.3) is 5.69 Å². The van der Waals surface area contributed by atoms with Gasteiger partial charge in [-0.15, -0.1) is 11.3 Å². The van der Waals surface area contributed by atoms with E-state index in [1.807, 2.05) is 6.26 Å². The molecule has 6 nitrogen and oxygen atoms in total. The normalized spacial score (nSPS) is 10.2. The first kappa shape index (κ1) is 14.5. The monoisotopic (exact) mass is 309 g/mol. The van der Waals surface area contributed by atoms with Crippen LogP contribution in [0.5, 0.6) is 0 Å². The predicted molar refractivity (Wildman–Crippen MR) is 81.2 cm³/mol. The van der Waals surface area contributed by atoms with Crippen molar-refractivity contribution in [1.82, 2.24) is 4.98 Å². The molecule has 0 aliphatic rings. The van der Waals surface area contributed by atoms with Gasteiger partial charge in [-0.3, -0.25) is 14.9 Å². The molecule has 0 saturated carbocycles. The SMILES string of the molecule is CSCC(=O)Nc1nc(-c2cccc([N+](=O)[O-])c2)cs1. The molecule has 1 heterocycles. The second-order valence-electron chi connectivity index (χ2n) is 3.83. The van der Waals surface area contributed by atoms with Gasteiger partial charge in [-0.05, 0) is 6.26 Å². The van der Waals surface area contributed by atoms with Crippen molar-refractivity contribution in [2.45, 2.75) is 0 Å². The van der Waals surface area contributed by atoms with Crippen molar-refractivity contribution in [3.05, 3.63) is 39.8 Å². The maximum atomic E-state index is 11.4. The Hall–Kier alpha value is -1.93. The molecule has 1 N–H and O–H groups in total. The fourth-order valence-corrected chi connectivity index (χ4v) is 2.60. The molecule has 104 valence electrons. The smallest absolute Gasteiger partial charge is 0.270 e. The molecule has 2 rings (SSSR count). The molecule has 0 spiro atoms. The molecule has 2 aromatic rings. The quantitative estimate of drug-likeness (QED) is 0.678. The third kappa shape index (κ3) is 3.55. The van der Waals surface area contributed by atoms with Gasteiger partial charge in [0.05, 0.1) is 16.4 Å². The van der Waals surface area contributed by atoms with Crippen LogP contribution in [0.25, 0.3) is 11.3 Å². The fourth-order valence-electron chi connectivity index (χ4n) is 1.53. The summed E-state index contributed by atoms with van der Waals surface area (Å²) in [6, 6.07) is 6.24. The number of thiazole rings is 1. The molecular weight excluding hydrogens is 298 g/mol. The van der Waals surface area contributed by atoms with Crippen molar-refractivity contribution < 1.29 is 9.72 Å². The van der Waals surface area contributed by atoms with E-state index in [-0.39, 0.29) is 11.6 Å². The Kier molecular flexibility index (Phi) is 4.70. The average Bonchev–Trinajstić information content (AvgIpc) is 2.87. The van der Waals surface area contributed by atoms with E-state index < -0.39 is 4.92 Å². The molecule has 20 heavy (non-hydrogen) atoms. The van der Waals surface area contributed by atoms with Crippen LogP contribution in [-0.4, -0.2) is 27.8 Å². The van der Waals surface area contributed by atoms with Crippen LogP contribution in [0.2, 0.25) is 0 Å². The summed E-state index contributed by atoms with van der Waals surface area (Å²) in [5, 5.41) is 15.7. The van der Waals surface area contributed by atoms with E-state index in [1.54, 1.807) is 17.5 Å². The van der Waals surface area contributed by atoms with Crippen molar-refractivity contribution >= 4 is 39.8 Å². The molecule has 0 aliphatic carbocycles. The summed E-state index contributed by atoms with van der Waals surface area (Å²) in [7, 11) is 0. The molecule has 0 atom stereocenters. The van der Waals surface area contributed by atoms with E-state index in [9.17, 15) is 14.9 Å². The fraction of sp³-hybridized carbons (Fsp3) is 0.167. The van der Waals surface area contributed by atoms with Crippen LogP contribution in [0.4, 0.5) is 10.8 Å². The summed E-state index contributed by atoms with van der Waals surface area (Å²) in [6.45, 7) is 0. The number of benzene rings is 1. The molecule has 8 heteroatoms. The number of amides is 1. The molecule has 0 radical (unpaired) electrons. The number of hydrogen-bond acceptors (Lipinski definition) is 6. The summed E-state index contributed by atoms with van der Waals surface area (Å²) in [5.74, 6) is 0.253. The van der Waals surface area contributed by atoms with E-state index in [0.717, 1.165) is 0 Å². The first-order chi connectivity index (χ1) is 9.60. The van der Waals surface area contributed by atoms with E-state index in [4.69, 9.17) is 0 Å². The largest absolute Gasteiger partial charge is 0.301 e. The summed E-state index contributed by atoms with van der Waals surface area (Å²) < 4.78 is 0. The first-order valence-corrected chi connectivity index (χ1v) is 7.86. The zero-order chi connectivity index (χ0) is 14.5. The number of nitro groups is 1. The van der Waals surface area contributed by atoms with Crippen LogP contribution < -0.4 is 5.32 Å². The van der Waals surface area contributed by atoms with Crippen LogP contribution >= 0.6 is 23.1 Å². The summed E-state index contributed by atoms with van der Waals surface area (Å²) in [4.78, 5) is 26.0. The van der Waals surface area contributed by atoms with Crippen molar-refractivity contribution in [1.29, 1.82) is 0 Å². The Labute approximate surface area is 123 Å². The van der Waals surface area contributed by atoms with Crippen molar-refractivity contribution in [3.8, 4) is 11.3 Å². The Morgan fingerprint density at radius 2 is 2.35 bits per heavy atom. The second kappa shape index (κ2) is 6.49. The number of thioether (sulfide) groups is 1. The van der Waals surface area contributed by atoms with Gasteiger partial charge in [0, 0.05) is 23.1 Å². The number of aromatic nitrogens is 1. The zero-order valence-electron chi connectivity index (χ0n) is 10.5. The molecule has 0 aliphatic heterocycles. The lowest BCUT2D eigenvalue weighted by Gasteiger charge is -1.99. The van der Waals surface area contributed by atoms with Gasteiger partial charge in [0.15, 0.2) is 5.13 Å². The maximum absolute atomic E-state index is 11.4. The number of nitro benzene ring substituents is 1. The molecule has 1 aromatic heterocycles. The van der Waals surface area contributed by atoms with E-state index in [2.05, 4.69) is 10.3 Å². The molecule has 0 fully saturated rings. The van der Waals surface area contributed by atoms with E-state index in [0.29, 0.717) is 22.1 Å². The summed E-state index contributed by atoms with van der Waals surface area (Å²) in [5.41, 5.74) is 1.28. The van der Waals surface area contributed by atoms with Crippen molar-refractivity contribution in [2.24, 2.45) is 0 Å². The minimum Gasteiger partial charge on any atom is -0.301 e. The van der Waals surface area contributed by atoms with Crippen LogP contribution in [0.3, 0.4) is 0 Å². The Morgan fingerprint density at radius 3 is 3.05 bits per heavy atom. The van der Waals surface area contributed by atoms with Gasteiger partial charge in [-0.2, -0.15) is 11.8 Å². The van der Waals surface area contributed by atoms with Gasteiger partial charge < -0.3 is 5.32 Å². The number of hydrogen-bond donors (Lipinski definition) is 1. The standard InChI is InChI=1S/C12H11N3O3S2/c1-19-7-11(16)14-12-13-10(6-20-12)8-3-2-4-9(5-8)15(17)18/h2-6H,7H2,1H3,(H,13,14,16). The van der Waals surface area contributed by atoms with Gasteiger partial charge in [0.2, 0.25) is 5.91 Å². The Morgan fingerprint density at radius 1 is 1.55 bits per heavy atom. The number of rotatable bonds is 5. The summed E-state index contributed by atoms with van der Waals surface area (Å²) in [6.07, 6.45) is 1.84. The number of anilines is 1.